The van der Waals surface area contributed by atoms with Crippen LogP contribution < -0.4 is 4.74 Å². The molecule has 0 atom stereocenters. The summed E-state index contributed by atoms with van der Waals surface area (Å²) < 4.78 is 7.97. The van der Waals surface area contributed by atoms with Gasteiger partial charge >= 0.3 is 0 Å². The van der Waals surface area contributed by atoms with Gasteiger partial charge in [-0.15, -0.1) is 0 Å². The maximum atomic E-state index is 12.3. The molecule has 0 unspecified atom stereocenters. The van der Waals surface area contributed by atoms with Crippen LogP contribution in [0, 0.1) is 19.8 Å². The number of hydrogen-bond acceptors (Lipinski definition) is 3. The maximum Gasteiger partial charge on any atom is 0.284 e. The molecule has 0 N–H and O–H groups in total. The second-order valence-corrected chi connectivity index (χ2v) is 6.71. The Morgan fingerprint density at radius 3 is 2.50 bits per heavy atom. The summed E-state index contributed by atoms with van der Waals surface area (Å²) >= 11 is 3.37. The Hall–Kier alpha value is -1.62. The molecule has 1 aromatic carbocycles. The molecule has 1 heterocycles. The molecule has 0 fully saturated rings. The summed E-state index contributed by atoms with van der Waals surface area (Å²) in [5.74, 6) is 1.04. The van der Waals surface area contributed by atoms with Gasteiger partial charge in [-0.3, -0.25) is 4.79 Å². The fraction of sp³-hybridized carbons (Fsp3) is 0.412. The lowest BCUT2D eigenvalue weighted by Gasteiger charge is -2.08. The number of rotatable bonds is 5. The molecule has 118 valence electrons. The van der Waals surface area contributed by atoms with Crippen molar-refractivity contribution in [2.75, 3.05) is 6.61 Å². The van der Waals surface area contributed by atoms with Crippen LogP contribution in [-0.2, 0) is 6.42 Å². The summed E-state index contributed by atoms with van der Waals surface area (Å²) in [4.78, 5) is 12.3. The molecule has 0 saturated carbocycles. The van der Waals surface area contributed by atoms with E-state index in [2.05, 4.69) is 34.9 Å². The van der Waals surface area contributed by atoms with Gasteiger partial charge in [-0.1, -0.05) is 29.8 Å². The van der Waals surface area contributed by atoms with Crippen molar-refractivity contribution in [2.45, 2.75) is 34.1 Å². The molecular weight excluding hydrogens is 344 g/mol. The van der Waals surface area contributed by atoms with Gasteiger partial charge in [-0.2, -0.15) is 5.10 Å². The van der Waals surface area contributed by atoms with Crippen molar-refractivity contribution in [2.24, 2.45) is 5.92 Å². The van der Waals surface area contributed by atoms with Crippen LogP contribution in [0.15, 0.2) is 28.7 Å². The highest BCUT2D eigenvalue weighted by molar-refractivity contribution is 9.10. The van der Waals surface area contributed by atoms with E-state index in [-0.39, 0.29) is 12.5 Å². The van der Waals surface area contributed by atoms with Crippen LogP contribution in [0.1, 0.15) is 35.6 Å². The summed E-state index contributed by atoms with van der Waals surface area (Å²) in [5, 5.41) is 4.37. The van der Waals surface area contributed by atoms with Crippen molar-refractivity contribution in [3.05, 3.63) is 45.7 Å². The molecule has 0 amide bonds. The smallest absolute Gasteiger partial charge is 0.284 e. The first-order chi connectivity index (χ1) is 10.4. The van der Waals surface area contributed by atoms with E-state index >= 15 is 0 Å². The topological polar surface area (TPSA) is 44.1 Å². The average molecular weight is 365 g/mol. The number of aryl methyl sites for hydroxylation is 1. The van der Waals surface area contributed by atoms with Crippen LogP contribution in [0.25, 0.3) is 0 Å². The molecule has 1 aromatic heterocycles. The zero-order valence-electron chi connectivity index (χ0n) is 13.4. The first-order valence-corrected chi connectivity index (χ1v) is 8.14. The van der Waals surface area contributed by atoms with E-state index in [1.807, 2.05) is 38.1 Å². The van der Waals surface area contributed by atoms with Crippen LogP contribution in [0.3, 0.4) is 0 Å². The highest BCUT2D eigenvalue weighted by Gasteiger charge is 2.17. The van der Waals surface area contributed by atoms with Crippen LogP contribution in [0.5, 0.6) is 5.75 Å². The van der Waals surface area contributed by atoms with E-state index in [0.29, 0.717) is 11.7 Å². The number of carbonyl (C=O) groups is 1. The quantitative estimate of drug-likeness (QED) is 0.799. The van der Waals surface area contributed by atoms with Gasteiger partial charge in [0.25, 0.3) is 5.91 Å². The van der Waals surface area contributed by atoms with Crippen molar-refractivity contribution < 1.29 is 9.53 Å². The van der Waals surface area contributed by atoms with E-state index in [9.17, 15) is 4.79 Å². The Labute approximate surface area is 139 Å². The normalized spacial score (nSPS) is 11.0. The number of nitrogens with zero attached hydrogens (tertiary/aromatic N) is 2. The van der Waals surface area contributed by atoms with Crippen LogP contribution in [-0.4, -0.2) is 22.3 Å². The molecule has 5 heteroatoms. The lowest BCUT2D eigenvalue weighted by molar-refractivity contribution is 0.0818. The number of ether oxygens (including phenoxy) is 1. The average Bonchev–Trinajstić information content (AvgIpc) is 2.74. The molecule has 0 spiro atoms. The minimum absolute atomic E-state index is 0.0231. The first kappa shape index (κ1) is 16.7. The number of aromatic nitrogens is 2. The monoisotopic (exact) mass is 364 g/mol. The molecule has 0 aliphatic rings. The molecule has 2 aromatic rings. The van der Waals surface area contributed by atoms with E-state index < -0.39 is 0 Å². The zero-order valence-corrected chi connectivity index (χ0v) is 15.0. The highest BCUT2D eigenvalue weighted by atomic mass is 79.9. The third-order valence-corrected chi connectivity index (χ3v) is 3.99. The number of carbonyl (C=O) groups excluding carboxylic acids is 1. The lowest BCUT2D eigenvalue weighted by atomic mass is 10.0. The van der Waals surface area contributed by atoms with Gasteiger partial charge in [-0.25, -0.2) is 4.68 Å². The minimum atomic E-state index is -0.154. The third-order valence-electron chi connectivity index (χ3n) is 3.47. The zero-order chi connectivity index (χ0) is 16.3. The van der Waals surface area contributed by atoms with Gasteiger partial charge in [0.15, 0.2) is 6.61 Å². The SMILES string of the molecule is Cc1nn(C(=O)COc2ccc(Br)cc2)c(C)c1CC(C)C. The van der Waals surface area contributed by atoms with Gasteiger partial charge in [0, 0.05) is 10.2 Å². The number of halogens is 1. The van der Waals surface area contributed by atoms with Gasteiger partial charge in [0.1, 0.15) is 5.75 Å². The van der Waals surface area contributed by atoms with Crippen LogP contribution in [0.4, 0.5) is 0 Å². The summed E-state index contributed by atoms with van der Waals surface area (Å²) in [6.07, 6.45) is 0.929. The van der Waals surface area contributed by atoms with E-state index in [0.717, 1.165) is 27.8 Å². The minimum Gasteiger partial charge on any atom is -0.484 e. The first-order valence-electron chi connectivity index (χ1n) is 7.35. The van der Waals surface area contributed by atoms with Gasteiger partial charge in [0.05, 0.1) is 5.69 Å². The van der Waals surface area contributed by atoms with Crippen LogP contribution >= 0.6 is 15.9 Å². The Morgan fingerprint density at radius 2 is 1.91 bits per heavy atom. The van der Waals surface area contributed by atoms with Crippen molar-refractivity contribution in [3.63, 3.8) is 0 Å². The molecular formula is C17H21BrN2O2. The second kappa shape index (κ2) is 7.09. The van der Waals surface area contributed by atoms with Crippen LogP contribution in [0.2, 0.25) is 0 Å². The van der Waals surface area contributed by atoms with E-state index in [4.69, 9.17) is 4.74 Å². The fourth-order valence-electron chi connectivity index (χ4n) is 2.36. The lowest BCUT2D eigenvalue weighted by Crippen LogP contribution is -2.21. The largest absolute Gasteiger partial charge is 0.484 e. The summed E-state index contributed by atoms with van der Waals surface area (Å²) in [7, 11) is 0. The molecule has 0 aliphatic heterocycles. The molecule has 4 nitrogen and oxygen atoms in total. The third kappa shape index (κ3) is 3.97. The standard InChI is InChI=1S/C17H21BrN2O2/c1-11(2)9-16-12(3)19-20(13(16)4)17(21)10-22-15-7-5-14(18)6-8-15/h5-8,11H,9-10H2,1-4H3. The van der Waals surface area contributed by atoms with E-state index in [1.54, 1.807) is 0 Å². The highest BCUT2D eigenvalue weighted by Crippen LogP contribution is 2.18. The fourth-order valence-corrected chi connectivity index (χ4v) is 2.62. The number of hydrogen-bond donors (Lipinski definition) is 0. The second-order valence-electron chi connectivity index (χ2n) is 5.80. The Balaban J connectivity index is 2.08. The van der Waals surface area contributed by atoms with Crippen molar-refractivity contribution in [1.82, 2.24) is 9.78 Å². The maximum absolute atomic E-state index is 12.3. The van der Waals surface area contributed by atoms with Crippen molar-refractivity contribution in [1.29, 1.82) is 0 Å². The molecule has 0 saturated heterocycles. The molecule has 0 bridgehead atoms. The summed E-state index contributed by atoms with van der Waals surface area (Å²) in [6, 6.07) is 7.40. The molecule has 22 heavy (non-hydrogen) atoms. The summed E-state index contributed by atoms with van der Waals surface area (Å²) in [5.41, 5.74) is 2.99. The Kier molecular flexibility index (Phi) is 5.40. The summed E-state index contributed by atoms with van der Waals surface area (Å²) in [6.45, 7) is 8.19. The predicted molar refractivity (Wildman–Crippen MR) is 90.5 cm³/mol. The van der Waals surface area contributed by atoms with Crippen molar-refractivity contribution in [3.8, 4) is 5.75 Å². The molecule has 2 rings (SSSR count). The van der Waals surface area contributed by atoms with E-state index in [1.165, 1.54) is 4.68 Å². The molecule has 0 aliphatic carbocycles. The Morgan fingerprint density at radius 1 is 1.27 bits per heavy atom. The molecule has 0 radical (unpaired) electrons. The Bertz CT molecular complexity index is 660. The van der Waals surface area contributed by atoms with Gasteiger partial charge < -0.3 is 4.74 Å². The van der Waals surface area contributed by atoms with Crippen molar-refractivity contribution >= 4 is 21.8 Å². The van der Waals surface area contributed by atoms with Gasteiger partial charge in [0.2, 0.25) is 0 Å². The number of benzene rings is 1. The predicted octanol–water partition coefficient (Wildman–Crippen LogP) is 4.18. The van der Waals surface area contributed by atoms with Gasteiger partial charge in [-0.05, 0) is 56.0 Å².